The van der Waals surface area contributed by atoms with E-state index in [-0.39, 0.29) is 6.04 Å². The second-order valence-electron chi connectivity index (χ2n) is 3.19. The highest BCUT2D eigenvalue weighted by molar-refractivity contribution is 7.12. The van der Waals surface area contributed by atoms with Gasteiger partial charge in [0.2, 0.25) is 0 Å². The molecule has 0 fully saturated rings. The minimum atomic E-state index is -4.39. The molecule has 16 heavy (non-hydrogen) atoms. The summed E-state index contributed by atoms with van der Waals surface area (Å²) in [6.07, 6.45) is -1.64. The van der Waals surface area contributed by atoms with E-state index in [9.17, 15) is 13.2 Å². The summed E-state index contributed by atoms with van der Waals surface area (Å²) in [6, 6.07) is -0.290. The summed E-state index contributed by atoms with van der Waals surface area (Å²) in [5.74, 6) is 5.30. The van der Waals surface area contributed by atoms with E-state index < -0.39 is 11.2 Å². The fourth-order valence-electron chi connectivity index (χ4n) is 1.01. The van der Waals surface area contributed by atoms with Crippen molar-refractivity contribution >= 4 is 11.3 Å². The number of nitrogens with two attached hydrogens (primary N) is 1. The molecule has 0 aliphatic carbocycles. The van der Waals surface area contributed by atoms with Crippen LogP contribution in [-0.4, -0.2) is 11.0 Å². The fourth-order valence-corrected chi connectivity index (χ4v) is 1.65. The van der Waals surface area contributed by atoms with Crippen LogP contribution in [0.1, 0.15) is 29.7 Å². The first-order chi connectivity index (χ1) is 7.43. The van der Waals surface area contributed by atoms with Gasteiger partial charge in [0.1, 0.15) is 0 Å². The Morgan fingerprint density at radius 2 is 2.25 bits per heavy atom. The molecule has 0 aromatic carbocycles. The number of hydrogen-bond acceptors (Lipinski definition) is 3. The topological polar surface area (TPSA) is 38.9 Å². The Kier molecular flexibility index (Phi) is 4.33. The van der Waals surface area contributed by atoms with Crippen LogP contribution in [0.5, 0.6) is 0 Å². The zero-order valence-electron chi connectivity index (χ0n) is 8.64. The van der Waals surface area contributed by atoms with E-state index in [4.69, 9.17) is 5.73 Å². The van der Waals surface area contributed by atoms with Crippen LogP contribution in [0.25, 0.3) is 0 Å². The monoisotopic (exact) mass is 248 g/mol. The number of halogens is 3. The predicted octanol–water partition coefficient (Wildman–Crippen LogP) is 2.64. The molecule has 0 bridgehead atoms. The van der Waals surface area contributed by atoms with Crippen LogP contribution in [0, 0.1) is 11.8 Å². The largest absolute Gasteiger partial charge is 0.443 e. The Labute approximate surface area is 95.7 Å². The summed E-state index contributed by atoms with van der Waals surface area (Å²) >= 11 is 0.535. The third-order valence-corrected chi connectivity index (χ3v) is 2.69. The number of nitrogens with zero attached hydrogens (tertiary/aromatic N) is 1. The maximum Gasteiger partial charge on any atom is 0.443 e. The molecular formula is C10H11F3N2S. The van der Waals surface area contributed by atoms with Crippen molar-refractivity contribution in [3.8, 4) is 11.8 Å². The van der Waals surface area contributed by atoms with Crippen LogP contribution >= 0.6 is 11.3 Å². The van der Waals surface area contributed by atoms with E-state index in [0.717, 1.165) is 19.0 Å². The van der Waals surface area contributed by atoms with Crippen molar-refractivity contribution in [2.24, 2.45) is 5.73 Å². The molecule has 0 saturated carbocycles. The minimum absolute atomic E-state index is 0.290. The molecule has 2 N–H and O–H groups in total. The van der Waals surface area contributed by atoms with E-state index in [1.54, 1.807) is 0 Å². The molecule has 1 atom stereocenters. The number of hydrogen-bond donors (Lipinski definition) is 1. The van der Waals surface area contributed by atoms with Crippen molar-refractivity contribution in [3.63, 3.8) is 0 Å². The third kappa shape index (κ3) is 3.83. The van der Waals surface area contributed by atoms with Crippen LogP contribution in [0.2, 0.25) is 0 Å². The van der Waals surface area contributed by atoms with Gasteiger partial charge in [-0.15, -0.1) is 11.3 Å². The van der Waals surface area contributed by atoms with Crippen molar-refractivity contribution in [2.45, 2.75) is 32.0 Å². The average molecular weight is 248 g/mol. The maximum atomic E-state index is 12.2. The molecule has 1 aromatic rings. The minimum Gasteiger partial charge on any atom is -0.318 e. The lowest BCUT2D eigenvalue weighted by molar-refractivity contribution is -0.137. The zero-order valence-corrected chi connectivity index (χ0v) is 9.45. The molecule has 0 aliphatic rings. The van der Waals surface area contributed by atoms with Gasteiger partial charge in [-0.1, -0.05) is 25.2 Å². The highest BCUT2D eigenvalue weighted by atomic mass is 32.1. The summed E-state index contributed by atoms with van der Waals surface area (Å²) in [5.41, 5.74) is 5.61. The average Bonchev–Trinajstić information content (AvgIpc) is 2.63. The van der Waals surface area contributed by atoms with Crippen LogP contribution in [0.15, 0.2) is 6.20 Å². The van der Waals surface area contributed by atoms with E-state index in [2.05, 4.69) is 16.8 Å². The van der Waals surface area contributed by atoms with Crippen LogP contribution < -0.4 is 5.73 Å². The molecule has 88 valence electrons. The third-order valence-electron chi connectivity index (χ3n) is 1.73. The fraction of sp³-hybridized carbons (Fsp3) is 0.500. The molecule has 0 amide bonds. The van der Waals surface area contributed by atoms with Gasteiger partial charge in [-0.05, 0) is 6.42 Å². The molecule has 0 spiro atoms. The van der Waals surface area contributed by atoms with Crippen molar-refractivity contribution in [2.75, 3.05) is 0 Å². The number of thiazole rings is 1. The Hall–Kier alpha value is -1.06. The van der Waals surface area contributed by atoms with Gasteiger partial charge in [-0.2, -0.15) is 13.2 Å². The normalized spacial score (nSPS) is 13.1. The lowest BCUT2D eigenvalue weighted by atomic mass is 10.2. The first kappa shape index (κ1) is 13.0. The summed E-state index contributed by atoms with van der Waals surface area (Å²) in [4.78, 5) is 3.55. The Morgan fingerprint density at radius 1 is 1.56 bits per heavy atom. The molecule has 1 unspecified atom stereocenters. The summed E-state index contributed by atoms with van der Waals surface area (Å²) in [5, 5.41) is -0.874. The number of alkyl halides is 3. The molecule has 1 aromatic heterocycles. The van der Waals surface area contributed by atoms with Gasteiger partial charge in [0.05, 0.1) is 17.1 Å². The molecule has 1 rings (SSSR count). The predicted molar refractivity (Wildman–Crippen MR) is 56.9 cm³/mol. The summed E-state index contributed by atoms with van der Waals surface area (Å²) < 4.78 is 36.6. The maximum absolute atomic E-state index is 12.2. The number of rotatable bonds is 2. The Morgan fingerprint density at radius 3 is 2.75 bits per heavy atom. The molecular weight excluding hydrogens is 237 g/mol. The Balaban J connectivity index is 2.72. The molecule has 6 heteroatoms. The Bertz CT molecular complexity index is 400. The first-order valence-corrected chi connectivity index (χ1v) is 5.55. The standard InChI is InChI=1S/C10H11F3N2S/c1-2-3-7(14)4-5-8-6-15-9(16-8)10(11,12)13/h6-7H,2-3,14H2,1H3. The lowest BCUT2D eigenvalue weighted by Gasteiger charge is -1.98. The molecule has 0 aliphatic heterocycles. The van der Waals surface area contributed by atoms with Gasteiger partial charge in [-0.3, -0.25) is 0 Å². The second kappa shape index (κ2) is 5.32. The van der Waals surface area contributed by atoms with E-state index >= 15 is 0 Å². The molecule has 0 saturated heterocycles. The van der Waals surface area contributed by atoms with Crippen molar-refractivity contribution in [1.82, 2.24) is 4.98 Å². The van der Waals surface area contributed by atoms with E-state index in [1.165, 1.54) is 0 Å². The second-order valence-corrected chi connectivity index (χ2v) is 4.22. The number of aromatic nitrogens is 1. The van der Waals surface area contributed by atoms with Gasteiger partial charge in [0.25, 0.3) is 0 Å². The van der Waals surface area contributed by atoms with Gasteiger partial charge < -0.3 is 5.73 Å². The van der Waals surface area contributed by atoms with E-state index in [0.29, 0.717) is 16.2 Å². The molecule has 2 nitrogen and oxygen atoms in total. The highest BCUT2D eigenvalue weighted by Crippen LogP contribution is 2.31. The van der Waals surface area contributed by atoms with Crippen LogP contribution in [0.3, 0.4) is 0 Å². The summed E-state index contributed by atoms with van der Waals surface area (Å²) in [6.45, 7) is 1.97. The van der Waals surface area contributed by atoms with Gasteiger partial charge in [0, 0.05) is 0 Å². The molecule has 1 heterocycles. The quantitative estimate of drug-likeness (QED) is 0.817. The van der Waals surface area contributed by atoms with Crippen molar-refractivity contribution in [3.05, 3.63) is 16.1 Å². The van der Waals surface area contributed by atoms with Crippen molar-refractivity contribution in [1.29, 1.82) is 0 Å². The SMILES string of the molecule is CCCC(N)C#Cc1cnc(C(F)(F)F)s1. The molecule has 0 radical (unpaired) electrons. The van der Waals surface area contributed by atoms with Crippen LogP contribution in [-0.2, 0) is 6.18 Å². The van der Waals surface area contributed by atoms with Gasteiger partial charge in [0.15, 0.2) is 5.01 Å². The smallest absolute Gasteiger partial charge is 0.318 e. The summed E-state index contributed by atoms with van der Waals surface area (Å²) in [7, 11) is 0. The van der Waals surface area contributed by atoms with Gasteiger partial charge in [-0.25, -0.2) is 4.98 Å². The highest BCUT2D eigenvalue weighted by Gasteiger charge is 2.34. The van der Waals surface area contributed by atoms with Crippen LogP contribution in [0.4, 0.5) is 13.2 Å². The lowest BCUT2D eigenvalue weighted by Crippen LogP contribution is -2.16. The van der Waals surface area contributed by atoms with Gasteiger partial charge >= 0.3 is 6.18 Å². The zero-order chi connectivity index (χ0) is 12.2. The first-order valence-electron chi connectivity index (χ1n) is 4.73. The van der Waals surface area contributed by atoms with E-state index in [1.807, 2.05) is 6.92 Å². The van der Waals surface area contributed by atoms with Crippen molar-refractivity contribution < 1.29 is 13.2 Å².